The van der Waals surface area contributed by atoms with Crippen LogP contribution in [0.15, 0.2) is 67.0 Å². The predicted octanol–water partition coefficient (Wildman–Crippen LogP) is 4.98. The van der Waals surface area contributed by atoms with E-state index in [4.69, 9.17) is 16.3 Å². The van der Waals surface area contributed by atoms with E-state index < -0.39 is 0 Å². The summed E-state index contributed by atoms with van der Waals surface area (Å²) in [5.74, 6) is 1.03. The molecule has 0 spiro atoms. The van der Waals surface area contributed by atoms with Crippen LogP contribution in [0.3, 0.4) is 0 Å². The number of anilines is 1. The molecule has 3 atom stereocenters. The second-order valence-corrected chi connectivity index (χ2v) is 8.85. The topological polar surface area (TPSA) is 75.3 Å². The smallest absolute Gasteiger partial charge is 0.319 e. The molecule has 7 heteroatoms. The van der Waals surface area contributed by atoms with Crippen molar-refractivity contribution in [3.63, 3.8) is 0 Å². The quantitative estimate of drug-likeness (QED) is 0.480. The summed E-state index contributed by atoms with van der Waals surface area (Å²) in [6, 6.07) is 17.2. The average molecular weight is 465 g/mol. The van der Waals surface area contributed by atoms with Crippen molar-refractivity contribution in [1.82, 2.24) is 15.6 Å². The monoisotopic (exact) mass is 464 g/mol. The Kier molecular flexibility index (Phi) is 7.47. The SMILES string of the molecule is COc1ccc(C(c2cncc(C)c2)C2CNCCC2NC(=O)Nc2ccc(Cl)cc2)cc1. The molecule has 2 amide bonds. The van der Waals surface area contributed by atoms with E-state index in [9.17, 15) is 4.79 Å². The van der Waals surface area contributed by atoms with E-state index in [2.05, 4.69) is 46.1 Å². The normalized spacial score (nSPS) is 18.9. The molecule has 1 aliphatic heterocycles. The second-order valence-electron chi connectivity index (χ2n) is 8.41. The van der Waals surface area contributed by atoms with E-state index in [1.165, 1.54) is 5.56 Å². The summed E-state index contributed by atoms with van der Waals surface area (Å²) >= 11 is 5.96. The lowest BCUT2D eigenvalue weighted by Gasteiger charge is -2.38. The highest BCUT2D eigenvalue weighted by Gasteiger charge is 2.35. The van der Waals surface area contributed by atoms with Crippen molar-refractivity contribution in [2.45, 2.75) is 25.3 Å². The van der Waals surface area contributed by atoms with Crippen molar-refractivity contribution in [2.24, 2.45) is 5.92 Å². The molecular formula is C26H29ClN4O2. The molecule has 6 nitrogen and oxygen atoms in total. The van der Waals surface area contributed by atoms with Gasteiger partial charge in [-0.05, 0) is 73.0 Å². The van der Waals surface area contributed by atoms with Crippen LogP contribution in [0.1, 0.15) is 29.0 Å². The maximum Gasteiger partial charge on any atom is 0.319 e. The number of carbonyl (C=O) groups is 1. The molecule has 33 heavy (non-hydrogen) atoms. The van der Waals surface area contributed by atoms with Crippen LogP contribution in [0, 0.1) is 12.8 Å². The van der Waals surface area contributed by atoms with Gasteiger partial charge in [0, 0.05) is 47.5 Å². The van der Waals surface area contributed by atoms with Crippen LogP contribution in [0.25, 0.3) is 0 Å². The number of rotatable bonds is 6. The Morgan fingerprint density at radius 3 is 2.58 bits per heavy atom. The van der Waals surface area contributed by atoms with Crippen LogP contribution in [-0.2, 0) is 0 Å². The van der Waals surface area contributed by atoms with E-state index in [0.717, 1.165) is 36.4 Å². The van der Waals surface area contributed by atoms with Gasteiger partial charge in [0.2, 0.25) is 0 Å². The van der Waals surface area contributed by atoms with Gasteiger partial charge in [-0.15, -0.1) is 0 Å². The number of hydrogen-bond donors (Lipinski definition) is 3. The Morgan fingerprint density at radius 2 is 1.88 bits per heavy atom. The lowest BCUT2D eigenvalue weighted by atomic mass is 9.75. The fourth-order valence-corrected chi connectivity index (χ4v) is 4.65. The first-order valence-corrected chi connectivity index (χ1v) is 11.5. The van der Waals surface area contributed by atoms with Crippen molar-refractivity contribution in [3.05, 3.63) is 88.7 Å². The summed E-state index contributed by atoms with van der Waals surface area (Å²) in [5.41, 5.74) is 4.12. The van der Waals surface area contributed by atoms with E-state index in [0.29, 0.717) is 10.7 Å². The molecule has 1 saturated heterocycles. The molecule has 2 heterocycles. The number of halogens is 1. The van der Waals surface area contributed by atoms with Crippen LogP contribution in [0.2, 0.25) is 5.02 Å². The number of pyridine rings is 1. The van der Waals surface area contributed by atoms with Gasteiger partial charge < -0.3 is 20.7 Å². The fourth-order valence-electron chi connectivity index (χ4n) is 4.53. The minimum atomic E-state index is -0.218. The molecule has 0 saturated carbocycles. The highest BCUT2D eigenvalue weighted by molar-refractivity contribution is 6.30. The van der Waals surface area contributed by atoms with Gasteiger partial charge >= 0.3 is 6.03 Å². The molecule has 3 unspecified atom stereocenters. The Morgan fingerprint density at radius 1 is 1.12 bits per heavy atom. The molecule has 1 aromatic heterocycles. The number of methoxy groups -OCH3 is 1. The van der Waals surface area contributed by atoms with Crippen molar-refractivity contribution < 1.29 is 9.53 Å². The number of nitrogens with one attached hydrogen (secondary N) is 3. The van der Waals surface area contributed by atoms with E-state index in [-0.39, 0.29) is 23.9 Å². The Labute approximate surface area is 199 Å². The number of hydrogen-bond acceptors (Lipinski definition) is 4. The molecule has 1 aliphatic rings. The molecule has 4 rings (SSSR count). The zero-order chi connectivity index (χ0) is 23.2. The molecule has 0 bridgehead atoms. The number of nitrogens with zero attached hydrogens (tertiary/aromatic N) is 1. The number of aromatic nitrogens is 1. The van der Waals surface area contributed by atoms with E-state index in [1.807, 2.05) is 24.5 Å². The molecule has 0 radical (unpaired) electrons. The molecule has 3 aromatic rings. The lowest BCUT2D eigenvalue weighted by molar-refractivity contribution is 0.226. The number of ether oxygens (including phenoxy) is 1. The van der Waals surface area contributed by atoms with Gasteiger partial charge in [0.15, 0.2) is 0 Å². The number of carbonyl (C=O) groups excluding carboxylic acids is 1. The van der Waals surface area contributed by atoms with Gasteiger partial charge in [-0.1, -0.05) is 29.8 Å². The van der Waals surface area contributed by atoms with Gasteiger partial charge in [0.1, 0.15) is 5.75 Å². The van der Waals surface area contributed by atoms with Gasteiger partial charge in [-0.3, -0.25) is 4.98 Å². The van der Waals surface area contributed by atoms with Crippen molar-refractivity contribution >= 4 is 23.3 Å². The highest BCUT2D eigenvalue weighted by Crippen LogP contribution is 2.36. The van der Waals surface area contributed by atoms with E-state index in [1.54, 1.807) is 31.4 Å². The first-order valence-electron chi connectivity index (χ1n) is 11.1. The molecule has 172 valence electrons. The predicted molar refractivity (Wildman–Crippen MR) is 132 cm³/mol. The zero-order valence-corrected chi connectivity index (χ0v) is 19.6. The van der Waals surface area contributed by atoms with Crippen molar-refractivity contribution in [3.8, 4) is 5.75 Å². The third kappa shape index (κ3) is 5.83. The highest BCUT2D eigenvalue weighted by atomic mass is 35.5. The Hall–Kier alpha value is -3.09. The molecular weight excluding hydrogens is 436 g/mol. The van der Waals surface area contributed by atoms with Crippen molar-refractivity contribution in [2.75, 3.05) is 25.5 Å². The summed E-state index contributed by atoms with van der Waals surface area (Å²) in [4.78, 5) is 17.3. The third-order valence-corrected chi connectivity index (χ3v) is 6.36. The zero-order valence-electron chi connectivity index (χ0n) is 18.8. The summed E-state index contributed by atoms with van der Waals surface area (Å²) < 4.78 is 5.36. The van der Waals surface area contributed by atoms with Gasteiger partial charge in [-0.25, -0.2) is 4.79 Å². The minimum Gasteiger partial charge on any atom is -0.497 e. The van der Waals surface area contributed by atoms with Crippen LogP contribution in [-0.4, -0.2) is 37.3 Å². The first kappa shape index (κ1) is 23.1. The van der Waals surface area contributed by atoms with Crippen molar-refractivity contribution in [1.29, 1.82) is 0 Å². The fraction of sp³-hybridized carbons (Fsp3) is 0.308. The number of piperidine rings is 1. The van der Waals surface area contributed by atoms with Crippen LogP contribution < -0.4 is 20.7 Å². The summed E-state index contributed by atoms with van der Waals surface area (Å²) in [5, 5.41) is 10.3. The molecule has 1 fully saturated rings. The van der Waals surface area contributed by atoms with E-state index >= 15 is 0 Å². The standard InChI is InChI=1S/C26H29ClN4O2/c1-17-13-19(15-29-14-17)25(18-3-9-22(33-2)10-4-18)23-16-28-12-11-24(23)31-26(32)30-21-7-5-20(27)6-8-21/h3-10,13-15,23-25,28H,11-12,16H2,1-2H3,(H2,30,31,32). The van der Waals surface area contributed by atoms with Crippen LogP contribution in [0.4, 0.5) is 10.5 Å². The first-order chi connectivity index (χ1) is 16.0. The number of benzene rings is 2. The average Bonchev–Trinajstić information content (AvgIpc) is 2.82. The molecule has 2 aromatic carbocycles. The number of urea groups is 1. The Bertz CT molecular complexity index is 1070. The van der Waals surface area contributed by atoms with Gasteiger partial charge in [-0.2, -0.15) is 0 Å². The van der Waals surface area contributed by atoms with Gasteiger partial charge in [0.05, 0.1) is 7.11 Å². The van der Waals surface area contributed by atoms with Crippen LogP contribution in [0.5, 0.6) is 5.75 Å². The summed E-state index contributed by atoms with van der Waals surface area (Å²) in [6.45, 7) is 3.69. The Balaban J connectivity index is 1.60. The lowest BCUT2D eigenvalue weighted by Crippen LogP contribution is -2.52. The largest absolute Gasteiger partial charge is 0.497 e. The van der Waals surface area contributed by atoms with Gasteiger partial charge in [0.25, 0.3) is 0 Å². The maximum absolute atomic E-state index is 12.8. The number of amides is 2. The third-order valence-electron chi connectivity index (χ3n) is 6.11. The molecule has 0 aliphatic carbocycles. The number of aryl methyl sites for hydroxylation is 1. The minimum absolute atomic E-state index is 0.00818. The summed E-state index contributed by atoms with van der Waals surface area (Å²) in [6.07, 6.45) is 4.63. The second kappa shape index (κ2) is 10.7. The van der Waals surface area contributed by atoms with Crippen LogP contribution >= 0.6 is 11.6 Å². The summed E-state index contributed by atoms with van der Waals surface area (Å²) in [7, 11) is 1.67. The molecule has 3 N–H and O–H groups in total. The maximum atomic E-state index is 12.8.